The van der Waals surface area contributed by atoms with Crippen molar-refractivity contribution in [2.24, 2.45) is 5.73 Å². The van der Waals surface area contributed by atoms with Crippen LogP contribution in [-0.2, 0) is 0 Å². The molecular formula is C7H9N3O3. The number of rotatable bonds is 2. The van der Waals surface area contributed by atoms with Crippen LogP contribution in [0.15, 0.2) is 24.3 Å². The van der Waals surface area contributed by atoms with Crippen molar-refractivity contribution in [2.45, 2.75) is 0 Å². The van der Waals surface area contributed by atoms with Crippen molar-refractivity contribution in [3.05, 3.63) is 24.3 Å². The third-order valence-electron chi connectivity index (χ3n) is 1.37. The molecule has 0 aromatic heterocycles. The minimum atomic E-state index is -0.669. The van der Waals surface area contributed by atoms with Crippen molar-refractivity contribution in [1.29, 1.82) is 0 Å². The number of hydrogen-bond acceptors (Lipinski definition) is 4. The summed E-state index contributed by atoms with van der Waals surface area (Å²) in [6.07, 6.45) is 0. The number of urea groups is 1. The highest BCUT2D eigenvalue weighted by molar-refractivity contribution is 5.87. The highest BCUT2D eigenvalue weighted by Gasteiger charge is 1.99. The zero-order valence-electron chi connectivity index (χ0n) is 6.64. The summed E-state index contributed by atoms with van der Waals surface area (Å²) in [5.41, 5.74) is 5.54. The molecular weight excluding hydrogens is 174 g/mol. The number of benzene rings is 1. The van der Waals surface area contributed by atoms with Crippen LogP contribution in [0.3, 0.4) is 0 Å². The number of primary amides is 1. The van der Waals surface area contributed by atoms with E-state index in [0.29, 0.717) is 5.69 Å². The monoisotopic (exact) mass is 183 g/mol. The zero-order valence-corrected chi connectivity index (χ0v) is 6.64. The van der Waals surface area contributed by atoms with E-state index in [4.69, 9.17) is 16.1 Å². The molecule has 1 aromatic carbocycles. The summed E-state index contributed by atoms with van der Waals surface area (Å²) in [7, 11) is 0. The van der Waals surface area contributed by atoms with Crippen LogP contribution in [-0.4, -0.2) is 16.4 Å². The Kier molecular flexibility index (Phi) is 2.68. The molecule has 0 aliphatic rings. The maximum atomic E-state index is 10.4. The van der Waals surface area contributed by atoms with Gasteiger partial charge < -0.3 is 11.1 Å². The second kappa shape index (κ2) is 3.74. The van der Waals surface area contributed by atoms with Gasteiger partial charge in [0.2, 0.25) is 0 Å². The predicted octanol–water partition coefficient (Wildman–Crippen LogP) is 0.762. The SMILES string of the molecule is NC(=O)Nc1ccc(N(O)O)cc1. The average Bonchev–Trinajstić information content (AvgIpc) is 2.04. The first-order valence-corrected chi connectivity index (χ1v) is 3.44. The summed E-state index contributed by atoms with van der Waals surface area (Å²) in [6, 6.07) is 5.12. The average molecular weight is 183 g/mol. The number of anilines is 2. The molecule has 6 nitrogen and oxygen atoms in total. The maximum absolute atomic E-state index is 10.4. The predicted molar refractivity (Wildman–Crippen MR) is 45.7 cm³/mol. The summed E-state index contributed by atoms with van der Waals surface area (Å²) < 4.78 is 0. The van der Waals surface area contributed by atoms with Gasteiger partial charge in [-0.25, -0.2) is 4.79 Å². The first kappa shape index (κ1) is 9.30. The van der Waals surface area contributed by atoms with E-state index >= 15 is 0 Å². The van der Waals surface area contributed by atoms with E-state index in [1.54, 1.807) is 0 Å². The molecule has 0 heterocycles. The lowest BCUT2D eigenvalue weighted by atomic mass is 10.3. The van der Waals surface area contributed by atoms with E-state index in [1.807, 2.05) is 0 Å². The standard InChI is InChI=1S/C7H9N3O3/c8-7(11)9-5-1-3-6(4-2-5)10(12)13/h1-4,12-13H,(H3,8,9,11). The van der Waals surface area contributed by atoms with Gasteiger partial charge in [-0.05, 0) is 24.3 Å². The molecule has 6 heteroatoms. The van der Waals surface area contributed by atoms with Crippen molar-refractivity contribution in [3.8, 4) is 0 Å². The number of nitrogens with zero attached hydrogens (tertiary/aromatic N) is 1. The molecule has 70 valence electrons. The summed E-state index contributed by atoms with van der Waals surface area (Å²) in [4.78, 5) is 10.4. The van der Waals surface area contributed by atoms with Crippen LogP contribution in [0, 0.1) is 0 Å². The molecule has 0 fully saturated rings. The Balaban J connectivity index is 2.75. The maximum Gasteiger partial charge on any atom is 0.316 e. The molecule has 0 unspecified atom stereocenters. The number of nitrogens with one attached hydrogen (secondary N) is 1. The van der Waals surface area contributed by atoms with Crippen LogP contribution in [0.25, 0.3) is 0 Å². The van der Waals surface area contributed by atoms with Crippen molar-refractivity contribution < 1.29 is 15.2 Å². The van der Waals surface area contributed by atoms with E-state index in [-0.39, 0.29) is 10.9 Å². The fourth-order valence-electron chi connectivity index (χ4n) is 0.820. The molecule has 0 radical (unpaired) electrons. The van der Waals surface area contributed by atoms with Crippen molar-refractivity contribution >= 4 is 17.4 Å². The Morgan fingerprint density at radius 3 is 2.23 bits per heavy atom. The van der Waals surface area contributed by atoms with Gasteiger partial charge in [0.15, 0.2) is 0 Å². The Labute approximate surface area is 74.1 Å². The van der Waals surface area contributed by atoms with Crippen molar-refractivity contribution in [3.63, 3.8) is 0 Å². The number of nitrogens with two attached hydrogens (primary N) is 1. The summed E-state index contributed by atoms with van der Waals surface area (Å²) in [5, 5.41) is 19.5. The number of carbonyl (C=O) groups is 1. The fraction of sp³-hybridized carbons (Fsp3) is 0. The number of hydrogen-bond donors (Lipinski definition) is 4. The molecule has 0 aliphatic heterocycles. The van der Waals surface area contributed by atoms with Gasteiger partial charge in [-0.15, -0.1) is 5.23 Å². The topological polar surface area (TPSA) is 98.8 Å². The van der Waals surface area contributed by atoms with Crippen molar-refractivity contribution in [2.75, 3.05) is 10.5 Å². The Morgan fingerprint density at radius 2 is 1.85 bits per heavy atom. The van der Waals surface area contributed by atoms with Gasteiger partial charge in [0, 0.05) is 5.69 Å². The molecule has 5 N–H and O–H groups in total. The largest absolute Gasteiger partial charge is 0.351 e. The van der Waals surface area contributed by atoms with E-state index in [9.17, 15) is 4.79 Å². The molecule has 1 rings (SSSR count). The molecule has 0 aliphatic carbocycles. The normalized spacial score (nSPS) is 9.38. The highest BCUT2D eigenvalue weighted by atomic mass is 16.8. The molecule has 0 atom stereocenters. The highest BCUT2D eigenvalue weighted by Crippen LogP contribution is 2.14. The van der Waals surface area contributed by atoms with Gasteiger partial charge in [0.25, 0.3) is 0 Å². The van der Waals surface area contributed by atoms with Crippen LogP contribution in [0.5, 0.6) is 0 Å². The lowest BCUT2D eigenvalue weighted by molar-refractivity contribution is 0.0292. The Hall–Kier alpha value is -1.79. The second-order valence-electron chi connectivity index (χ2n) is 2.33. The summed E-state index contributed by atoms with van der Waals surface area (Å²) >= 11 is 0. The lowest BCUT2D eigenvalue weighted by Crippen LogP contribution is -2.19. The molecule has 0 spiro atoms. The van der Waals surface area contributed by atoms with Crippen molar-refractivity contribution in [1.82, 2.24) is 0 Å². The van der Waals surface area contributed by atoms with Gasteiger partial charge in [-0.3, -0.25) is 10.4 Å². The second-order valence-corrected chi connectivity index (χ2v) is 2.33. The third kappa shape index (κ3) is 2.62. The minimum absolute atomic E-state index is 0.0198. The molecule has 2 amide bonds. The number of amides is 2. The first-order chi connectivity index (χ1) is 6.09. The first-order valence-electron chi connectivity index (χ1n) is 3.44. The van der Waals surface area contributed by atoms with E-state index < -0.39 is 6.03 Å². The van der Waals surface area contributed by atoms with Crippen LogP contribution in [0.2, 0.25) is 0 Å². The number of carbonyl (C=O) groups excluding carboxylic acids is 1. The molecule has 0 bridgehead atoms. The quantitative estimate of drug-likeness (QED) is 0.508. The Morgan fingerprint density at radius 1 is 1.31 bits per heavy atom. The van der Waals surface area contributed by atoms with Gasteiger partial charge in [0.05, 0.1) is 5.69 Å². The summed E-state index contributed by atoms with van der Waals surface area (Å²) in [5.74, 6) is 0. The molecule has 0 saturated carbocycles. The van der Waals surface area contributed by atoms with Gasteiger partial charge in [-0.1, -0.05) is 0 Å². The van der Waals surface area contributed by atoms with Crippen LogP contribution in [0.1, 0.15) is 0 Å². The molecule has 1 aromatic rings. The van der Waals surface area contributed by atoms with E-state index in [2.05, 4.69) is 5.32 Å². The van der Waals surface area contributed by atoms with E-state index in [0.717, 1.165) is 0 Å². The minimum Gasteiger partial charge on any atom is -0.351 e. The van der Waals surface area contributed by atoms with Gasteiger partial charge in [-0.2, -0.15) is 0 Å². The van der Waals surface area contributed by atoms with Crippen LogP contribution >= 0.6 is 0 Å². The summed E-state index contributed by atoms with van der Waals surface area (Å²) in [6.45, 7) is 0. The van der Waals surface area contributed by atoms with Gasteiger partial charge >= 0.3 is 6.03 Å². The third-order valence-corrected chi connectivity index (χ3v) is 1.37. The van der Waals surface area contributed by atoms with Crippen LogP contribution in [0.4, 0.5) is 16.2 Å². The van der Waals surface area contributed by atoms with Gasteiger partial charge in [0.1, 0.15) is 0 Å². The smallest absolute Gasteiger partial charge is 0.316 e. The molecule has 13 heavy (non-hydrogen) atoms. The van der Waals surface area contributed by atoms with E-state index in [1.165, 1.54) is 24.3 Å². The lowest BCUT2D eigenvalue weighted by Gasteiger charge is -2.08. The Bertz CT molecular complexity index is 296. The fourth-order valence-corrected chi connectivity index (χ4v) is 0.820. The van der Waals surface area contributed by atoms with Crippen LogP contribution < -0.4 is 16.3 Å². The molecule has 0 saturated heterocycles. The zero-order chi connectivity index (χ0) is 9.84.